The van der Waals surface area contributed by atoms with E-state index in [0.717, 1.165) is 32.5 Å². The van der Waals surface area contributed by atoms with Crippen molar-refractivity contribution in [3.05, 3.63) is 0 Å². The number of nitrogens with zero attached hydrogens (tertiary/aromatic N) is 2. The van der Waals surface area contributed by atoms with Crippen LogP contribution in [0.3, 0.4) is 0 Å². The van der Waals surface area contributed by atoms with E-state index >= 15 is 0 Å². The van der Waals surface area contributed by atoms with Crippen molar-refractivity contribution in [3.63, 3.8) is 0 Å². The monoisotopic (exact) mass is 272 g/mol. The fraction of sp³-hybridized carbons (Fsp3) is 0.929. The number of hydrogen-bond donors (Lipinski definition) is 1. The van der Waals surface area contributed by atoms with Crippen molar-refractivity contribution in [3.8, 4) is 0 Å². The number of rotatable bonds is 5. The molecule has 0 aromatic rings. The molecule has 1 N–H and O–H groups in total. The van der Waals surface area contributed by atoms with Crippen LogP contribution >= 0.6 is 0 Å². The molecule has 5 nitrogen and oxygen atoms in total. The summed E-state index contributed by atoms with van der Waals surface area (Å²) in [7, 11) is 0. The van der Waals surface area contributed by atoms with Crippen molar-refractivity contribution >= 4 is 6.09 Å². The third-order valence-corrected chi connectivity index (χ3v) is 3.34. The Bertz CT molecular complexity index is 289. The number of ether oxygens (including phenoxy) is 1. The number of aliphatic hydroxyl groups is 1. The second-order valence-electron chi connectivity index (χ2n) is 6.09. The van der Waals surface area contributed by atoms with Crippen LogP contribution in [0.25, 0.3) is 0 Å². The number of aliphatic hydroxyl groups excluding tert-OH is 1. The Hall–Kier alpha value is -0.810. The molecule has 0 spiro atoms. The molecule has 0 unspecified atom stereocenters. The van der Waals surface area contributed by atoms with Gasteiger partial charge in [-0.2, -0.15) is 0 Å². The molecule has 0 aliphatic carbocycles. The Balaban J connectivity index is 2.55. The first kappa shape index (κ1) is 16.2. The second kappa shape index (κ2) is 7.10. The molecule has 19 heavy (non-hydrogen) atoms. The molecular formula is C14H28N2O3. The topological polar surface area (TPSA) is 53.0 Å². The van der Waals surface area contributed by atoms with Crippen molar-refractivity contribution in [2.45, 2.75) is 52.2 Å². The Morgan fingerprint density at radius 3 is 2.68 bits per heavy atom. The molecule has 1 atom stereocenters. The van der Waals surface area contributed by atoms with Crippen LogP contribution in [0.5, 0.6) is 0 Å². The molecule has 0 aromatic heterocycles. The molecule has 0 radical (unpaired) electrons. The Morgan fingerprint density at radius 1 is 1.47 bits per heavy atom. The number of amides is 1. The van der Waals surface area contributed by atoms with Crippen molar-refractivity contribution in [1.82, 2.24) is 9.80 Å². The highest BCUT2D eigenvalue weighted by Gasteiger charge is 2.32. The van der Waals surface area contributed by atoms with Crippen molar-refractivity contribution < 1.29 is 14.6 Å². The first-order valence-corrected chi connectivity index (χ1v) is 7.20. The summed E-state index contributed by atoms with van der Waals surface area (Å²) in [6.45, 7) is 11.0. The minimum absolute atomic E-state index is 0.160. The van der Waals surface area contributed by atoms with E-state index < -0.39 is 5.60 Å². The number of carbonyl (C=O) groups is 1. The first-order valence-electron chi connectivity index (χ1n) is 7.20. The number of likely N-dealkylation sites (N-methyl/N-ethyl adjacent to an activating group) is 1. The molecule has 1 aliphatic heterocycles. The summed E-state index contributed by atoms with van der Waals surface area (Å²) in [5.41, 5.74) is -0.445. The lowest BCUT2D eigenvalue weighted by Gasteiger charge is -2.31. The molecule has 1 amide bonds. The molecule has 1 saturated heterocycles. The summed E-state index contributed by atoms with van der Waals surface area (Å²) in [4.78, 5) is 16.1. The van der Waals surface area contributed by atoms with Gasteiger partial charge >= 0.3 is 6.09 Å². The van der Waals surface area contributed by atoms with E-state index in [1.165, 1.54) is 0 Å². The molecule has 112 valence electrons. The van der Waals surface area contributed by atoms with Gasteiger partial charge in [0.1, 0.15) is 5.60 Å². The molecular weight excluding hydrogens is 244 g/mol. The van der Waals surface area contributed by atoms with Crippen molar-refractivity contribution in [1.29, 1.82) is 0 Å². The van der Waals surface area contributed by atoms with Crippen LogP contribution in [-0.4, -0.2) is 65.4 Å². The van der Waals surface area contributed by atoms with Gasteiger partial charge in [-0.05, 0) is 40.2 Å². The largest absolute Gasteiger partial charge is 0.444 e. The van der Waals surface area contributed by atoms with E-state index in [1.54, 1.807) is 0 Å². The lowest BCUT2D eigenvalue weighted by Crippen LogP contribution is -2.45. The zero-order valence-electron chi connectivity index (χ0n) is 12.7. The maximum absolute atomic E-state index is 12.1. The van der Waals surface area contributed by atoms with Gasteiger partial charge in [0.25, 0.3) is 0 Å². The third kappa shape index (κ3) is 5.37. The van der Waals surface area contributed by atoms with Crippen LogP contribution < -0.4 is 0 Å². The van der Waals surface area contributed by atoms with Gasteiger partial charge in [0.15, 0.2) is 0 Å². The summed E-state index contributed by atoms with van der Waals surface area (Å²) in [5, 5.41) is 9.02. The molecule has 1 rings (SSSR count). The quantitative estimate of drug-likeness (QED) is 0.827. The van der Waals surface area contributed by atoms with Crippen LogP contribution in [0.1, 0.15) is 40.5 Å². The van der Waals surface area contributed by atoms with Gasteiger partial charge in [0.2, 0.25) is 0 Å². The average molecular weight is 272 g/mol. The zero-order chi connectivity index (χ0) is 14.5. The Labute approximate surface area is 116 Å². The smallest absolute Gasteiger partial charge is 0.410 e. The second-order valence-corrected chi connectivity index (χ2v) is 6.09. The van der Waals surface area contributed by atoms with Crippen LogP contribution in [-0.2, 0) is 4.74 Å². The van der Waals surface area contributed by atoms with Gasteiger partial charge in [-0.3, -0.25) is 4.90 Å². The fourth-order valence-electron chi connectivity index (χ4n) is 2.40. The van der Waals surface area contributed by atoms with Crippen LogP contribution in [0, 0.1) is 0 Å². The fourth-order valence-corrected chi connectivity index (χ4v) is 2.40. The third-order valence-electron chi connectivity index (χ3n) is 3.34. The molecule has 0 bridgehead atoms. The van der Waals surface area contributed by atoms with E-state index in [4.69, 9.17) is 9.84 Å². The highest BCUT2D eigenvalue weighted by Crippen LogP contribution is 2.21. The van der Waals surface area contributed by atoms with Gasteiger partial charge in [0, 0.05) is 25.7 Å². The number of likely N-dealkylation sites (tertiary alicyclic amines) is 1. The Morgan fingerprint density at radius 2 is 2.16 bits per heavy atom. The standard InChI is InChI=1S/C14H28N2O3/c1-5-15(9-10-17)11-12-7-6-8-16(12)13(18)19-14(2,3)4/h12,17H,5-11H2,1-4H3/t12-/m0/s1. The van der Waals surface area contributed by atoms with Crippen LogP contribution in [0.4, 0.5) is 4.79 Å². The van der Waals surface area contributed by atoms with Gasteiger partial charge in [0.05, 0.1) is 6.61 Å². The lowest BCUT2D eigenvalue weighted by atomic mass is 10.2. The van der Waals surface area contributed by atoms with Gasteiger partial charge in [-0.25, -0.2) is 4.79 Å². The summed E-state index contributed by atoms with van der Waals surface area (Å²) in [6, 6.07) is 0.210. The van der Waals surface area contributed by atoms with E-state index in [-0.39, 0.29) is 18.7 Å². The first-order chi connectivity index (χ1) is 8.87. The molecule has 0 saturated carbocycles. The van der Waals surface area contributed by atoms with E-state index in [0.29, 0.717) is 6.54 Å². The van der Waals surface area contributed by atoms with E-state index in [2.05, 4.69) is 11.8 Å². The summed E-state index contributed by atoms with van der Waals surface area (Å²) >= 11 is 0. The van der Waals surface area contributed by atoms with Gasteiger partial charge in [-0.15, -0.1) is 0 Å². The van der Waals surface area contributed by atoms with Crippen molar-refractivity contribution in [2.24, 2.45) is 0 Å². The molecule has 0 aromatic carbocycles. The molecule has 1 fully saturated rings. The van der Waals surface area contributed by atoms with Crippen LogP contribution in [0.2, 0.25) is 0 Å². The highest BCUT2D eigenvalue weighted by atomic mass is 16.6. The maximum atomic E-state index is 12.1. The average Bonchev–Trinajstić information content (AvgIpc) is 2.74. The number of hydrogen-bond acceptors (Lipinski definition) is 4. The lowest BCUT2D eigenvalue weighted by molar-refractivity contribution is 0.0194. The number of carbonyl (C=O) groups excluding carboxylic acids is 1. The van der Waals surface area contributed by atoms with Crippen LogP contribution in [0.15, 0.2) is 0 Å². The maximum Gasteiger partial charge on any atom is 0.410 e. The minimum Gasteiger partial charge on any atom is -0.444 e. The normalized spacial score (nSPS) is 20.1. The molecule has 5 heteroatoms. The Kier molecular flexibility index (Phi) is 6.07. The molecule has 1 heterocycles. The summed E-state index contributed by atoms with van der Waals surface area (Å²) in [5.74, 6) is 0. The SMILES string of the molecule is CCN(CCO)C[C@@H]1CCCN1C(=O)OC(C)(C)C. The summed E-state index contributed by atoms with van der Waals surface area (Å²) < 4.78 is 5.45. The minimum atomic E-state index is -0.445. The zero-order valence-corrected chi connectivity index (χ0v) is 12.7. The summed E-state index contributed by atoms with van der Waals surface area (Å²) in [6.07, 6.45) is 1.83. The highest BCUT2D eigenvalue weighted by molar-refractivity contribution is 5.69. The van der Waals surface area contributed by atoms with Gasteiger partial charge < -0.3 is 14.7 Å². The predicted octanol–water partition coefficient (Wildman–Crippen LogP) is 1.70. The predicted molar refractivity (Wildman–Crippen MR) is 75.2 cm³/mol. The van der Waals surface area contributed by atoms with E-state index in [1.807, 2.05) is 25.7 Å². The van der Waals surface area contributed by atoms with E-state index in [9.17, 15) is 4.79 Å². The van der Waals surface area contributed by atoms with Crippen molar-refractivity contribution in [2.75, 3.05) is 32.8 Å². The molecule has 1 aliphatic rings. The van der Waals surface area contributed by atoms with Gasteiger partial charge in [-0.1, -0.05) is 6.92 Å².